The zero-order valence-electron chi connectivity index (χ0n) is 10.5. The maximum atomic E-state index is 14.1. The lowest BCUT2D eigenvalue weighted by atomic mass is 10.2. The first-order valence-corrected chi connectivity index (χ1v) is 7.02. The molecule has 0 radical (unpaired) electrons. The summed E-state index contributed by atoms with van der Waals surface area (Å²) < 4.78 is 16.2. The van der Waals surface area contributed by atoms with Crippen molar-refractivity contribution in [2.24, 2.45) is 0 Å². The molecule has 5 nitrogen and oxygen atoms in total. The van der Waals surface area contributed by atoms with Gasteiger partial charge in [0.2, 0.25) is 0 Å². The molecule has 1 heterocycles. The van der Waals surface area contributed by atoms with Crippen molar-refractivity contribution < 1.29 is 4.39 Å². The number of rotatable bonds is 2. The average Bonchev–Trinajstić information content (AvgIpc) is 2.90. The van der Waals surface area contributed by atoms with Crippen molar-refractivity contribution in [3.63, 3.8) is 0 Å². The number of aromatic nitrogens is 4. The summed E-state index contributed by atoms with van der Waals surface area (Å²) in [4.78, 5) is 0. The van der Waals surface area contributed by atoms with Crippen LogP contribution in [0.2, 0.25) is 5.02 Å². The first-order valence-electron chi connectivity index (χ1n) is 5.85. The second-order valence-electron chi connectivity index (χ2n) is 4.25. The molecule has 21 heavy (non-hydrogen) atoms. The lowest BCUT2D eigenvalue weighted by Gasteiger charge is -2.08. The van der Waals surface area contributed by atoms with Gasteiger partial charge in [-0.1, -0.05) is 11.6 Å². The molecule has 0 spiro atoms. The van der Waals surface area contributed by atoms with Crippen LogP contribution in [0.4, 0.5) is 10.1 Å². The quantitative estimate of drug-likeness (QED) is 0.703. The first kappa shape index (κ1) is 14.0. The van der Waals surface area contributed by atoms with Crippen LogP contribution in [0.5, 0.6) is 0 Å². The van der Waals surface area contributed by atoms with Crippen molar-refractivity contribution in [3.8, 4) is 17.1 Å². The first-order chi connectivity index (χ1) is 10.1. The van der Waals surface area contributed by atoms with Crippen molar-refractivity contribution >= 4 is 33.2 Å². The predicted molar refractivity (Wildman–Crippen MR) is 81.7 cm³/mol. The lowest BCUT2D eigenvalue weighted by molar-refractivity contribution is 0.629. The van der Waals surface area contributed by atoms with E-state index in [4.69, 9.17) is 17.3 Å². The molecule has 2 N–H and O–H groups in total. The highest BCUT2D eigenvalue weighted by Crippen LogP contribution is 2.29. The number of nitrogens with zero attached hydrogens (tertiary/aromatic N) is 4. The van der Waals surface area contributed by atoms with Crippen LogP contribution in [-0.4, -0.2) is 20.2 Å². The Bertz CT molecular complexity index is 820. The highest BCUT2D eigenvalue weighted by Gasteiger charge is 2.16. The molecule has 0 fully saturated rings. The Kier molecular flexibility index (Phi) is 3.60. The molecule has 8 heteroatoms. The van der Waals surface area contributed by atoms with Crippen LogP contribution < -0.4 is 5.73 Å². The molecule has 2 aromatic carbocycles. The van der Waals surface area contributed by atoms with Crippen LogP contribution >= 0.6 is 27.5 Å². The molecule has 0 unspecified atom stereocenters. The van der Waals surface area contributed by atoms with E-state index in [1.807, 2.05) is 0 Å². The highest BCUT2D eigenvalue weighted by atomic mass is 79.9. The Morgan fingerprint density at radius 3 is 2.76 bits per heavy atom. The van der Waals surface area contributed by atoms with Gasteiger partial charge in [-0.2, -0.15) is 4.68 Å². The smallest absolute Gasteiger partial charge is 0.190 e. The van der Waals surface area contributed by atoms with Crippen LogP contribution in [0.15, 0.2) is 40.9 Å². The van der Waals surface area contributed by atoms with E-state index in [0.29, 0.717) is 16.4 Å². The molecule has 0 saturated heterocycles. The summed E-state index contributed by atoms with van der Waals surface area (Å²) in [5, 5.41) is 11.9. The second kappa shape index (κ2) is 5.42. The fourth-order valence-corrected chi connectivity index (χ4v) is 2.46. The average molecular weight is 369 g/mol. The van der Waals surface area contributed by atoms with Crippen molar-refractivity contribution in [1.29, 1.82) is 0 Å². The van der Waals surface area contributed by atoms with Crippen molar-refractivity contribution in [2.75, 3.05) is 5.73 Å². The lowest BCUT2D eigenvalue weighted by Crippen LogP contribution is -2.02. The van der Waals surface area contributed by atoms with Gasteiger partial charge >= 0.3 is 0 Å². The van der Waals surface area contributed by atoms with Gasteiger partial charge in [-0.25, -0.2) is 4.39 Å². The Balaban J connectivity index is 2.19. The van der Waals surface area contributed by atoms with Crippen LogP contribution in [0.3, 0.4) is 0 Å². The summed E-state index contributed by atoms with van der Waals surface area (Å²) in [7, 11) is 0. The largest absolute Gasteiger partial charge is 0.399 e. The molecule has 0 aliphatic heterocycles. The molecule has 0 amide bonds. The third kappa shape index (κ3) is 2.62. The summed E-state index contributed by atoms with van der Waals surface area (Å²) in [6, 6.07) is 9.52. The number of hydrogen-bond acceptors (Lipinski definition) is 4. The maximum absolute atomic E-state index is 14.1. The van der Waals surface area contributed by atoms with Gasteiger partial charge in [0.25, 0.3) is 0 Å². The Hall–Kier alpha value is -1.99. The van der Waals surface area contributed by atoms with Gasteiger partial charge in [0.15, 0.2) is 5.82 Å². The monoisotopic (exact) mass is 367 g/mol. The van der Waals surface area contributed by atoms with Crippen LogP contribution in [0.25, 0.3) is 17.1 Å². The number of anilines is 1. The van der Waals surface area contributed by atoms with Crippen LogP contribution in [0, 0.1) is 5.82 Å². The third-order valence-corrected chi connectivity index (χ3v) is 3.75. The maximum Gasteiger partial charge on any atom is 0.190 e. The molecule has 3 aromatic rings. The molecule has 0 bridgehead atoms. The number of nitrogens with two attached hydrogens (primary N) is 1. The van der Waals surface area contributed by atoms with E-state index in [1.165, 1.54) is 16.8 Å². The van der Waals surface area contributed by atoms with Crippen molar-refractivity contribution in [3.05, 3.63) is 51.7 Å². The molecule has 106 valence electrons. The van der Waals surface area contributed by atoms with E-state index in [9.17, 15) is 4.39 Å². The molecule has 1 aromatic heterocycles. The van der Waals surface area contributed by atoms with Gasteiger partial charge in [0.1, 0.15) is 5.82 Å². The standard InChI is InChI=1S/C13H8BrClFN5/c14-10-4-1-7(15)5-12(10)21-13(18-19-20-21)9-3-2-8(17)6-11(9)16/h1-6H,17H2. The minimum absolute atomic E-state index is 0.251. The zero-order chi connectivity index (χ0) is 15.0. The summed E-state index contributed by atoms with van der Waals surface area (Å²) in [5.74, 6) is -0.236. The molecule has 0 saturated carbocycles. The molecule has 0 aliphatic rings. The van der Waals surface area contributed by atoms with Gasteiger partial charge in [-0.15, -0.1) is 5.10 Å². The van der Waals surface area contributed by atoms with Crippen LogP contribution in [0.1, 0.15) is 0 Å². The van der Waals surface area contributed by atoms with E-state index in [0.717, 1.165) is 4.47 Å². The topological polar surface area (TPSA) is 69.6 Å². The minimum Gasteiger partial charge on any atom is -0.399 e. The normalized spacial score (nSPS) is 10.8. The van der Waals surface area contributed by atoms with E-state index in [1.54, 1.807) is 24.3 Å². The summed E-state index contributed by atoms with van der Waals surface area (Å²) in [6.45, 7) is 0. The SMILES string of the molecule is Nc1ccc(-c2nnnn2-c2cc(Cl)ccc2Br)c(F)c1. The van der Waals surface area contributed by atoms with Crippen LogP contribution in [-0.2, 0) is 0 Å². The molecule has 0 aliphatic carbocycles. The fraction of sp³-hybridized carbons (Fsp3) is 0. The predicted octanol–water partition coefficient (Wildman–Crippen LogP) is 3.47. The summed E-state index contributed by atoms with van der Waals surface area (Å²) in [5.41, 5.74) is 6.74. The number of tetrazole rings is 1. The van der Waals surface area contributed by atoms with E-state index >= 15 is 0 Å². The Labute approximate surface area is 132 Å². The fourth-order valence-electron chi connectivity index (χ4n) is 1.88. The molecular formula is C13H8BrClFN5. The number of halogens is 3. The zero-order valence-corrected chi connectivity index (χ0v) is 12.8. The highest BCUT2D eigenvalue weighted by molar-refractivity contribution is 9.10. The van der Waals surface area contributed by atoms with Gasteiger partial charge in [-0.05, 0) is 62.8 Å². The van der Waals surface area contributed by atoms with E-state index in [-0.39, 0.29) is 11.4 Å². The molecular weight excluding hydrogens is 361 g/mol. The van der Waals surface area contributed by atoms with Gasteiger partial charge in [-0.3, -0.25) is 0 Å². The summed E-state index contributed by atoms with van der Waals surface area (Å²) >= 11 is 9.39. The van der Waals surface area contributed by atoms with Crippen molar-refractivity contribution in [1.82, 2.24) is 20.2 Å². The Morgan fingerprint density at radius 2 is 2.00 bits per heavy atom. The third-order valence-electron chi connectivity index (χ3n) is 2.84. The number of benzene rings is 2. The second-order valence-corrected chi connectivity index (χ2v) is 5.54. The molecule has 0 atom stereocenters. The van der Waals surface area contributed by atoms with Crippen molar-refractivity contribution in [2.45, 2.75) is 0 Å². The van der Waals surface area contributed by atoms with E-state index in [2.05, 4.69) is 31.5 Å². The Morgan fingerprint density at radius 1 is 1.19 bits per heavy atom. The van der Waals surface area contributed by atoms with Gasteiger partial charge in [0.05, 0.1) is 11.3 Å². The summed E-state index contributed by atoms with van der Waals surface area (Å²) in [6.07, 6.45) is 0. The van der Waals surface area contributed by atoms with Gasteiger partial charge in [0, 0.05) is 15.2 Å². The number of hydrogen-bond donors (Lipinski definition) is 1. The number of nitrogen functional groups attached to an aromatic ring is 1. The molecule has 3 rings (SSSR count). The minimum atomic E-state index is -0.496. The van der Waals surface area contributed by atoms with Gasteiger partial charge < -0.3 is 5.73 Å². The van der Waals surface area contributed by atoms with E-state index < -0.39 is 5.82 Å².